The van der Waals surface area contributed by atoms with Gasteiger partial charge in [-0.05, 0) is 42.7 Å². The molecule has 2 aromatic rings. The van der Waals surface area contributed by atoms with E-state index in [9.17, 15) is 4.79 Å². The van der Waals surface area contributed by atoms with E-state index in [0.29, 0.717) is 30.5 Å². The average molecular weight is 315 g/mol. The Morgan fingerprint density at radius 2 is 2.17 bits per heavy atom. The van der Waals surface area contributed by atoms with Crippen molar-refractivity contribution in [1.82, 2.24) is 4.98 Å². The minimum absolute atomic E-state index is 0.0927. The van der Waals surface area contributed by atoms with Gasteiger partial charge in [-0.2, -0.15) is 5.26 Å². The summed E-state index contributed by atoms with van der Waals surface area (Å²) >= 11 is 0. The Morgan fingerprint density at radius 1 is 1.29 bits per heavy atom. The first-order valence-electron chi connectivity index (χ1n) is 7.89. The van der Waals surface area contributed by atoms with E-state index in [2.05, 4.69) is 27.8 Å². The topological polar surface area (TPSA) is 57.0 Å². The zero-order chi connectivity index (χ0) is 16.9. The molecule has 0 amide bonds. The van der Waals surface area contributed by atoms with Crippen molar-refractivity contribution in [1.29, 1.82) is 5.26 Å². The van der Waals surface area contributed by atoms with Gasteiger partial charge in [0.15, 0.2) is 5.78 Å². The van der Waals surface area contributed by atoms with Crippen molar-refractivity contribution >= 4 is 11.5 Å². The molecule has 1 aromatic carbocycles. The fourth-order valence-corrected chi connectivity index (χ4v) is 2.90. The van der Waals surface area contributed by atoms with Crippen molar-refractivity contribution in [2.45, 2.75) is 25.3 Å². The van der Waals surface area contributed by atoms with Crippen molar-refractivity contribution in [3.63, 3.8) is 0 Å². The Morgan fingerprint density at radius 3 is 2.92 bits per heavy atom. The highest BCUT2D eigenvalue weighted by molar-refractivity contribution is 6.04. The van der Waals surface area contributed by atoms with E-state index in [0.717, 1.165) is 11.3 Å². The van der Waals surface area contributed by atoms with Gasteiger partial charge in [0.1, 0.15) is 5.69 Å². The average Bonchev–Trinajstić information content (AvgIpc) is 2.62. The summed E-state index contributed by atoms with van der Waals surface area (Å²) in [6.45, 7) is 0. The summed E-state index contributed by atoms with van der Waals surface area (Å²) in [7, 11) is 1.98. The predicted molar refractivity (Wildman–Crippen MR) is 92.6 cm³/mol. The quantitative estimate of drug-likeness (QED) is 0.799. The molecule has 1 aromatic heterocycles. The van der Waals surface area contributed by atoms with Gasteiger partial charge in [0.05, 0.1) is 6.07 Å². The fourth-order valence-electron chi connectivity index (χ4n) is 2.90. The van der Waals surface area contributed by atoms with Gasteiger partial charge in [0, 0.05) is 48.9 Å². The number of pyridine rings is 1. The Labute approximate surface area is 141 Å². The smallest absolute Gasteiger partial charge is 0.167 e. The molecule has 4 heteroatoms. The maximum Gasteiger partial charge on any atom is 0.167 e. The van der Waals surface area contributed by atoms with Gasteiger partial charge in [0.25, 0.3) is 0 Å². The van der Waals surface area contributed by atoms with E-state index in [4.69, 9.17) is 5.26 Å². The molecular formula is C20H17N3O. The van der Waals surface area contributed by atoms with Gasteiger partial charge < -0.3 is 4.90 Å². The summed E-state index contributed by atoms with van der Waals surface area (Å²) in [6.07, 6.45) is 3.32. The first-order chi connectivity index (χ1) is 11.7. The number of anilines is 1. The summed E-state index contributed by atoms with van der Waals surface area (Å²) in [5.74, 6) is 6.19. The number of aromatic nitrogens is 1. The zero-order valence-electron chi connectivity index (χ0n) is 13.5. The van der Waals surface area contributed by atoms with Crippen LogP contribution < -0.4 is 4.90 Å². The van der Waals surface area contributed by atoms with Crippen LogP contribution in [-0.4, -0.2) is 23.9 Å². The minimum atomic E-state index is 0.0927. The molecule has 1 atom stereocenters. The lowest BCUT2D eigenvalue weighted by atomic mass is 9.91. The first kappa shape index (κ1) is 15.8. The molecule has 118 valence electrons. The van der Waals surface area contributed by atoms with Gasteiger partial charge >= 0.3 is 0 Å². The molecule has 24 heavy (non-hydrogen) atoms. The van der Waals surface area contributed by atoms with Crippen LogP contribution in [0.3, 0.4) is 0 Å². The summed E-state index contributed by atoms with van der Waals surface area (Å²) in [4.78, 5) is 18.7. The van der Waals surface area contributed by atoms with Crippen molar-refractivity contribution in [2.75, 3.05) is 11.9 Å². The third-order valence-corrected chi connectivity index (χ3v) is 4.23. The molecule has 1 aliphatic rings. The number of nitrogens with zero attached hydrogens (tertiary/aromatic N) is 3. The fraction of sp³-hybridized carbons (Fsp3) is 0.250. The molecule has 1 aliphatic heterocycles. The highest BCUT2D eigenvalue weighted by Gasteiger charge is 2.28. The zero-order valence-corrected chi connectivity index (χ0v) is 13.5. The molecule has 3 rings (SSSR count). The molecule has 0 N–H and O–H groups in total. The summed E-state index contributed by atoms with van der Waals surface area (Å²) in [5.41, 5.74) is 3.13. The minimum Gasteiger partial charge on any atom is -0.371 e. The molecule has 0 saturated heterocycles. The number of carbonyl (C=O) groups excluding carboxylic acids is 1. The third kappa shape index (κ3) is 3.29. The third-order valence-electron chi connectivity index (χ3n) is 4.23. The van der Waals surface area contributed by atoms with E-state index in [-0.39, 0.29) is 11.8 Å². The van der Waals surface area contributed by atoms with E-state index >= 15 is 0 Å². The lowest BCUT2D eigenvalue weighted by Gasteiger charge is -2.35. The second-order valence-corrected chi connectivity index (χ2v) is 5.79. The van der Waals surface area contributed by atoms with Crippen LogP contribution in [0.25, 0.3) is 0 Å². The molecule has 0 aliphatic carbocycles. The van der Waals surface area contributed by atoms with Crippen LogP contribution in [0.1, 0.15) is 40.9 Å². The highest BCUT2D eigenvalue weighted by atomic mass is 16.1. The molecule has 0 fully saturated rings. The summed E-state index contributed by atoms with van der Waals surface area (Å²) in [6, 6.07) is 13.6. The monoisotopic (exact) mass is 315 g/mol. The van der Waals surface area contributed by atoms with Crippen LogP contribution in [0.2, 0.25) is 0 Å². The number of hydrogen-bond acceptors (Lipinski definition) is 4. The first-order valence-corrected chi connectivity index (χ1v) is 7.89. The maximum absolute atomic E-state index is 12.5. The van der Waals surface area contributed by atoms with Crippen molar-refractivity contribution in [3.8, 4) is 17.9 Å². The predicted octanol–water partition coefficient (Wildman–Crippen LogP) is 3.18. The van der Waals surface area contributed by atoms with Crippen molar-refractivity contribution < 1.29 is 4.79 Å². The number of fused-ring (bicyclic) bond motifs is 1. The van der Waals surface area contributed by atoms with Crippen LogP contribution in [0.5, 0.6) is 0 Å². The number of carbonyl (C=O) groups is 1. The lowest BCUT2D eigenvalue weighted by molar-refractivity contribution is 0.0966. The van der Waals surface area contributed by atoms with Crippen LogP contribution in [-0.2, 0) is 0 Å². The molecule has 0 radical (unpaired) electrons. The molecule has 0 saturated carbocycles. The molecule has 4 nitrogen and oxygen atoms in total. The summed E-state index contributed by atoms with van der Waals surface area (Å²) < 4.78 is 0. The number of Topliss-reactive ketones (excluding diaryl/α,β-unsaturated/α-hetero) is 1. The lowest BCUT2D eigenvalue weighted by Crippen LogP contribution is -2.38. The second-order valence-electron chi connectivity index (χ2n) is 5.79. The standard InChI is InChI=1S/C20H17N3O/c1-23-17(6-4-11-21)14-20(24)18-13-15(8-10-19(18)23)7-9-16-5-2-3-12-22-16/h2-3,5,8,10,12-13,17H,4,6,14H2,1H3. The Kier molecular flexibility index (Phi) is 4.59. The van der Waals surface area contributed by atoms with E-state index in [1.807, 2.05) is 43.4 Å². The van der Waals surface area contributed by atoms with E-state index in [1.54, 1.807) is 6.20 Å². The largest absolute Gasteiger partial charge is 0.371 e. The molecule has 0 spiro atoms. The number of ketones is 1. The van der Waals surface area contributed by atoms with Gasteiger partial charge in [-0.3, -0.25) is 4.79 Å². The van der Waals surface area contributed by atoms with Crippen LogP contribution in [0, 0.1) is 23.2 Å². The number of rotatable bonds is 2. The molecule has 1 unspecified atom stereocenters. The maximum atomic E-state index is 12.5. The Hall–Kier alpha value is -3.11. The SMILES string of the molecule is CN1c2ccc(C#Cc3ccccn3)cc2C(=O)CC1CCC#N. The van der Waals surface area contributed by atoms with Crippen molar-refractivity contribution in [2.24, 2.45) is 0 Å². The number of hydrogen-bond donors (Lipinski definition) is 0. The van der Waals surface area contributed by atoms with Crippen LogP contribution >= 0.6 is 0 Å². The van der Waals surface area contributed by atoms with Gasteiger partial charge in [-0.15, -0.1) is 0 Å². The van der Waals surface area contributed by atoms with Gasteiger partial charge in [-0.25, -0.2) is 4.98 Å². The molecule has 0 bridgehead atoms. The summed E-state index contributed by atoms with van der Waals surface area (Å²) in [5, 5.41) is 8.76. The second kappa shape index (κ2) is 6.98. The normalized spacial score (nSPS) is 15.9. The number of nitriles is 1. The Balaban J connectivity index is 1.87. The van der Waals surface area contributed by atoms with Gasteiger partial charge in [0.2, 0.25) is 0 Å². The molecular weight excluding hydrogens is 298 g/mol. The highest BCUT2D eigenvalue weighted by Crippen LogP contribution is 2.31. The van der Waals surface area contributed by atoms with E-state index < -0.39 is 0 Å². The van der Waals surface area contributed by atoms with Gasteiger partial charge in [-0.1, -0.05) is 12.0 Å². The number of benzene rings is 1. The van der Waals surface area contributed by atoms with Crippen molar-refractivity contribution in [3.05, 3.63) is 59.4 Å². The van der Waals surface area contributed by atoms with Crippen LogP contribution in [0.15, 0.2) is 42.6 Å². The van der Waals surface area contributed by atoms with E-state index in [1.165, 1.54) is 0 Å². The molecule has 2 heterocycles. The van der Waals surface area contributed by atoms with Crippen LogP contribution in [0.4, 0.5) is 5.69 Å². The Bertz CT molecular complexity index is 856.